The Hall–Kier alpha value is -2.60. The quantitative estimate of drug-likeness (QED) is 0.465. The van der Waals surface area contributed by atoms with Crippen LogP contribution in [0.5, 0.6) is 5.75 Å². The number of nitrogens with zero attached hydrogens (tertiary/aromatic N) is 1. The van der Waals surface area contributed by atoms with Crippen LogP contribution >= 0.6 is 0 Å². The first-order chi connectivity index (χ1) is 13.3. The van der Waals surface area contributed by atoms with Crippen molar-refractivity contribution in [2.45, 2.75) is 39.8 Å². The number of hydrogen-bond donors (Lipinski definition) is 0. The smallest absolute Gasteiger partial charge is 0.308 e. The topological polar surface area (TPSA) is 63.7 Å². The third-order valence-corrected chi connectivity index (χ3v) is 5.61. The molecule has 28 heavy (non-hydrogen) atoms. The highest BCUT2D eigenvalue weighted by atomic mass is 32.2. The molecule has 0 radical (unpaired) electrons. The molecule has 0 saturated carbocycles. The van der Waals surface area contributed by atoms with Gasteiger partial charge in [-0.2, -0.15) is 8.42 Å². The maximum absolute atomic E-state index is 12.8. The van der Waals surface area contributed by atoms with Crippen molar-refractivity contribution in [1.82, 2.24) is 4.90 Å². The fourth-order valence-electron chi connectivity index (χ4n) is 2.60. The van der Waals surface area contributed by atoms with Gasteiger partial charge in [0.05, 0.1) is 5.75 Å². The minimum Gasteiger partial charge on any atom is -0.382 e. The number of benzene rings is 2. The molecule has 0 fully saturated rings. The Morgan fingerprint density at radius 2 is 1.82 bits per heavy atom. The van der Waals surface area contributed by atoms with Crippen LogP contribution in [0.4, 0.5) is 0 Å². The molecule has 0 heterocycles. The number of carbonyl (C=O) groups excluding carboxylic acids is 1. The Balaban J connectivity index is 2.18. The van der Waals surface area contributed by atoms with Crippen LogP contribution in [0.1, 0.15) is 38.3 Å². The van der Waals surface area contributed by atoms with Crippen LogP contribution in [0.3, 0.4) is 0 Å². The zero-order valence-electron chi connectivity index (χ0n) is 16.5. The Labute approximate surface area is 167 Å². The zero-order chi connectivity index (χ0) is 20.6. The molecule has 150 valence electrons. The van der Waals surface area contributed by atoms with Crippen molar-refractivity contribution in [2.75, 3.05) is 5.75 Å². The van der Waals surface area contributed by atoms with E-state index < -0.39 is 10.1 Å². The second-order valence-corrected chi connectivity index (χ2v) is 8.40. The average molecular weight is 402 g/mol. The third-order valence-electron chi connectivity index (χ3n) is 4.45. The Morgan fingerprint density at radius 3 is 2.46 bits per heavy atom. The highest BCUT2D eigenvalue weighted by molar-refractivity contribution is 7.87. The molecule has 1 atom stereocenters. The molecule has 1 unspecified atom stereocenters. The molecular weight excluding hydrogens is 374 g/mol. The molecule has 0 aromatic heterocycles. The van der Waals surface area contributed by atoms with Gasteiger partial charge in [-0.1, -0.05) is 49.4 Å². The molecule has 6 heteroatoms. The van der Waals surface area contributed by atoms with Gasteiger partial charge in [0.1, 0.15) is 5.75 Å². The van der Waals surface area contributed by atoms with Gasteiger partial charge in [0.2, 0.25) is 5.91 Å². The van der Waals surface area contributed by atoms with E-state index in [2.05, 4.69) is 0 Å². The van der Waals surface area contributed by atoms with E-state index in [1.807, 2.05) is 50.2 Å². The fraction of sp³-hybridized carbons (Fsp3) is 0.318. The molecule has 2 rings (SSSR count). The molecule has 0 aliphatic rings. The van der Waals surface area contributed by atoms with Crippen molar-refractivity contribution in [1.29, 1.82) is 0 Å². The molecule has 0 bridgehead atoms. The lowest BCUT2D eigenvalue weighted by Crippen LogP contribution is -2.36. The Bertz CT molecular complexity index is 907. The lowest BCUT2D eigenvalue weighted by molar-refractivity contribution is -0.128. The summed E-state index contributed by atoms with van der Waals surface area (Å²) in [5, 5.41) is 0. The van der Waals surface area contributed by atoms with E-state index in [4.69, 9.17) is 4.18 Å². The fourth-order valence-corrected chi connectivity index (χ4v) is 3.11. The summed E-state index contributed by atoms with van der Waals surface area (Å²) in [6, 6.07) is 16.5. The van der Waals surface area contributed by atoms with Gasteiger partial charge >= 0.3 is 10.1 Å². The van der Waals surface area contributed by atoms with Gasteiger partial charge in [-0.15, -0.1) is 0 Å². The standard InChI is InChI=1S/C22H27NO4S/c1-4-18(3)23(22(24)15-14-19-10-7-6-8-11-19)17-20-12-9-13-21(16-20)27-28(25,26)5-2/h6-16,18H,4-5,17H2,1-3H3/b15-14+. The first kappa shape index (κ1) is 21.7. The van der Waals surface area contributed by atoms with Gasteiger partial charge in [0, 0.05) is 18.7 Å². The summed E-state index contributed by atoms with van der Waals surface area (Å²) in [6.45, 7) is 5.92. The van der Waals surface area contributed by atoms with Crippen LogP contribution in [0, 0.1) is 0 Å². The molecule has 0 saturated heterocycles. The first-order valence-electron chi connectivity index (χ1n) is 9.39. The Kier molecular flexibility index (Phi) is 7.81. The summed E-state index contributed by atoms with van der Waals surface area (Å²) in [5.41, 5.74) is 1.77. The molecule has 1 amide bonds. The minimum atomic E-state index is -3.59. The summed E-state index contributed by atoms with van der Waals surface area (Å²) < 4.78 is 28.5. The largest absolute Gasteiger partial charge is 0.382 e. The van der Waals surface area contributed by atoms with E-state index in [9.17, 15) is 13.2 Å². The average Bonchev–Trinajstić information content (AvgIpc) is 2.70. The summed E-state index contributed by atoms with van der Waals surface area (Å²) in [4.78, 5) is 14.6. The molecule has 0 spiro atoms. The van der Waals surface area contributed by atoms with Crippen LogP contribution in [-0.2, 0) is 21.5 Å². The van der Waals surface area contributed by atoms with Crippen LogP contribution in [-0.4, -0.2) is 31.0 Å². The van der Waals surface area contributed by atoms with Gasteiger partial charge in [-0.3, -0.25) is 4.79 Å². The van der Waals surface area contributed by atoms with Crippen LogP contribution in [0.15, 0.2) is 60.7 Å². The SMILES string of the molecule is CCC(C)N(Cc1cccc(OS(=O)(=O)CC)c1)C(=O)/C=C/c1ccccc1. The lowest BCUT2D eigenvalue weighted by atomic mass is 10.1. The van der Waals surface area contributed by atoms with E-state index in [0.717, 1.165) is 17.5 Å². The van der Waals surface area contributed by atoms with Crippen LogP contribution in [0.25, 0.3) is 6.08 Å². The zero-order valence-corrected chi connectivity index (χ0v) is 17.4. The molecule has 2 aromatic carbocycles. The first-order valence-corrected chi connectivity index (χ1v) is 11.0. The minimum absolute atomic E-state index is 0.0388. The van der Waals surface area contributed by atoms with E-state index >= 15 is 0 Å². The van der Waals surface area contributed by atoms with Crippen molar-refractivity contribution >= 4 is 22.1 Å². The maximum Gasteiger partial charge on any atom is 0.308 e. The molecule has 0 aliphatic carbocycles. The summed E-state index contributed by atoms with van der Waals surface area (Å²) in [6.07, 6.45) is 4.18. The van der Waals surface area contributed by atoms with Gasteiger partial charge in [-0.05, 0) is 49.6 Å². The monoisotopic (exact) mass is 401 g/mol. The Morgan fingerprint density at radius 1 is 1.11 bits per heavy atom. The number of amides is 1. The maximum atomic E-state index is 12.8. The van der Waals surface area contributed by atoms with E-state index in [-0.39, 0.29) is 23.5 Å². The second-order valence-electron chi connectivity index (χ2n) is 6.54. The van der Waals surface area contributed by atoms with Gasteiger partial charge < -0.3 is 9.08 Å². The summed E-state index contributed by atoms with van der Waals surface area (Å²) in [5.74, 6) is 0.0698. The van der Waals surface area contributed by atoms with Crippen molar-refractivity contribution in [3.05, 3.63) is 71.8 Å². The predicted molar refractivity (Wildman–Crippen MR) is 112 cm³/mol. The molecule has 2 aromatic rings. The van der Waals surface area contributed by atoms with Gasteiger partial charge in [-0.25, -0.2) is 0 Å². The summed E-state index contributed by atoms with van der Waals surface area (Å²) >= 11 is 0. The van der Waals surface area contributed by atoms with Crippen LogP contribution < -0.4 is 4.18 Å². The third kappa shape index (κ3) is 6.53. The second kappa shape index (κ2) is 10.1. The normalized spacial score (nSPS) is 12.7. The molecule has 0 aliphatic heterocycles. The van der Waals surface area contributed by atoms with Gasteiger partial charge in [0.25, 0.3) is 0 Å². The van der Waals surface area contributed by atoms with Gasteiger partial charge in [0.15, 0.2) is 0 Å². The van der Waals surface area contributed by atoms with E-state index in [0.29, 0.717) is 6.54 Å². The molecular formula is C22H27NO4S. The lowest BCUT2D eigenvalue weighted by Gasteiger charge is -2.28. The molecule has 0 N–H and O–H groups in total. The number of rotatable bonds is 9. The van der Waals surface area contributed by atoms with Crippen LogP contribution in [0.2, 0.25) is 0 Å². The highest BCUT2D eigenvalue weighted by Crippen LogP contribution is 2.19. The van der Waals surface area contributed by atoms with Crippen molar-refractivity contribution in [2.24, 2.45) is 0 Å². The van der Waals surface area contributed by atoms with E-state index in [1.54, 1.807) is 35.3 Å². The summed E-state index contributed by atoms with van der Waals surface area (Å²) in [7, 11) is -3.59. The molecule has 5 nitrogen and oxygen atoms in total. The number of hydrogen-bond acceptors (Lipinski definition) is 4. The number of carbonyl (C=O) groups is 1. The van der Waals surface area contributed by atoms with E-state index in [1.165, 1.54) is 6.92 Å². The van der Waals surface area contributed by atoms with Crippen molar-refractivity contribution < 1.29 is 17.4 Å². The highest BCUT2D eigenvalue weighted by Gasteiger charge is 2.18. The van der Waals surface area contributed by atoms with Crippen molar-refractivity contribution in [3.63, 3.8) is 0 Å². The van der Waals surface area contributed by atoms with Crippen molar-refractivity contribution in [3.8, 4) is 5.75 Å². The predicted octanol–water partition coefficient (Wildman–Crippen LogP) is 4.26.